The summed E-state index contributed by atoms with van der Waals surface area (Å²) < 4.78 is 0. The van der Waals surface area contributed by atoms with Crippen LogP contribution in [-0.4, -0.2) is 40.8 Å². The van der Waals surface area contributed by atoms with Gasteiger partial charge in [0.2, 0.25) is 0 Å². The molecule has 0 atom stereocenters. The lowest BCUT2D eigenvalue weighted by Gasteiger charge is -2.14. The van der Waals surface area contributed by atoms with Gasteiger partial charge in [0.1, 0.15) is 0 Å². The zero-order valence-electron chi connectivity index (χ0n) is 8.20. The van der Waals surface area contributed by atoms with Gasteiger partial charge in [-0.1, -0.05) is 26.2 Å². The molecule has 13 heavy (non-hydrogen) atoms. The van der Waals surface area contributed by atoms with Crippen LogP contribution in [0, 0.1) is 0 Å². The number of carbonyl (C=O) groups is 1. The highest BCUT2D eigenvalue weighted by atomic mass is 16.5. The number of urea groups is 1. The molecular formula is C9H18N2O2. The molecule has 4 heteroatoms. The molecule has 1 rings (SSSR count). The monoisotopic (exact) mass is 186 g/mol. The van der Waals surface area contributed by atoms with Crippen molar-refractivity contribution in [3.05, 3.63) is 0 Å². The number of hydroxylamine groups is 2. The van der Waals surface area contributed by atoms with Crippen molar-refractivity contribution in [3.63, 3.8) is 0 Å². The van der Waals surface area contributed by atoms with Crippen LogP contribution < -0.4 is 0 Å². The Balaban J connectivity index is 2.12. The Morgan fingerprint density at radius 3 is 2.62 bits per heavy atom. The summed E-state index contributed by atoms with van der Waals surface area (Å²) in [4.78, 5) is 12.9. The molecule has 0 unspecified atom stereocenters. The van der Waals surface area contributed by atoms with E-state index < -0.39 is 0 Å². The average molecular weight is 186 g/mol. The lowest BCUT2D eigenvalue weighted by Crippen LogP contribution is -2.30. The largest absolute Gasteiger partial charge is 0.343 e. The number of hydrogen-bond acceptors (Lipinski definition) is 2. The molecule has 1 saturated heterocycles. The molecule has 0 aromatic rings. The van der Waals surface area contributed by atoms with Gasteiger partial charge in [-0.05, 0) is 6.42 Å². The second-order valence-corrected chi connectivity index (χ2v) is 3.45. The van der Waals surface area contributed by atoms with Crippen LogP contribution in [0.1, 0.15) is 32.6 Å². The summed E-state index contributed by atoms with van der Waals surface area (Å²) in [7, 11) is 0. The fraction of sp³-hybridized carbons (Fsp3) is 0.889. The molecule has 1 heterocycles. The van der Waals surface area contributed by atoms with Crippen molar-refractivity contribution in [1.29, 1.82) is 0 Å². The van der Waals surface area contributed by atoms with E-state index in [0.29, 0.717) is 13.1 Å². The van der Waals surface area contributed by atoms with Crippen LogP contribution in [0.15, 0.2) is 0 Å². The molecule has 1 aliphatic heterocycles. The Kier molecular flexibility index (Phi) is 4.02. The predicted molar refractivity (Wildman–Crippen MR) is 49.6 cm³/mol. The molecule has 2 amide bonds. The molecule has 0 aliphatic carbocycles. The molecule has 1 N–H and O–H groups in total. The van der Waals surface area contributed by atoms with E-state index in [4.69, 9.17) is 5.21 Å². The first-order valence-electron chi connectivity index (χ1n) is 5.01. The number of hydrogen-bond donors (Lipinski definition) is 1. The van der Waals surface area contributed by atoms with Crippen LogP contribution in [0.2, 0.25) is 0 Å². The van der Waals surface area contributed by atoms with Gasteiger partial charge in [-0.15, -0.1) is 0 Å². The molecule has 1 aliphatic rings. The Labute approximate surface area is 79.1 Å². The van der Waals surface area contributed by atoms with Crippen molar-refractivity contribution < 1.29 is 10.0 Å². The van der Waals surface area contributed by atoms with Gasteiger partial charge in [-0.25, -0.2) is 9.86 Å². The van der Waals surface area contributed by atoms with Crippen molar-refractivity contribution in [2.24, 2.45) is 0 Å². The molecule has 0 aromatic carbocycles. The third-order valence-electron chi connectivity index (χ3n) is 2.35. The van der Waals surface area contributed by atoms with E-state index in [1.165, 1.54) is 19.3 Å². The van der Waals surface area contributed by atoms with E-state index in [0.717, 1.165) is 18.0 Å². The second kappa shape index (κ2) is 5.07. The Morgan fingerprint density at radius 2 is 2.08 bits per heavy atom. The number of nitrogens with zero attached hydrogens (tertiary/aromatic N) is 2. The first-order valence-corrected chi connectivity index (χ1v) is 5.01. The van der Waals surface area contributed by atoms with Crippen molar-refractivity contribution in [3.8, 4) is 0 Å². The molecule has 0 radical (unpaired) electrons. The minimum Gasteiger partial charge on any atom is -0.321 e. The van der Waals surface area contributed by atoms with Crippen LogP contribution in [0.5, 0.6) is 0 Å². The predicted octanol–water partition coefficient (Wildman–Crippen LogP) is 1.69. The number of amides is 2. The number of unbranched alkanes of at least 4 members (excludes halogenated alkanes) is 3. The van der Waals surface area contributed by atoms with Crippen molar-refractivity contribution in [1.82, 2.24) is 9.96 Å². The van der Waals surface area contributed by atoms with Crippen LogP contribution in [0.25, 0.3) is 0 Å². The maximum atomic E-state index is 11.2. The maximum absolute atomic E-state index is 11.2. The molecule has 4 nitrogen and oxygen atoms in total. The minimum atomic E-state index is -0.239. The van der Waals surface area contributed by atoms with Gasteiger partial charge in [0, 0.05) is 13.1 Å². The number of carbonyl (C=O) groups excluding carboxylic acids is 1. The molecule has 0 spiro atoms. The Bertz CT molecular complexity index is 173. The molecular weight excluding hydrogens is 168 g/mol. The van der Waals surface area contributed by atoms with Gasteiger partial charge >= 0.3 is 6.03 Å². The highest BCUT2D eigenvalue weighted by Crippen LogP contribution is 2.08. The topological polar surface area (TPSA) is 43.8 Å². The maximum Gasteiger partial charge on any atom is 0.343 e. The third-order valence-corrected chi connectivity index (χ3v) is 2.35. The van der Waals surface area contributed by atoms with Crippen LogP contribution in [0.4, 0.5) is 4.79 Å². The molecule has 0 aromatic heterocycles. The summed E-state index contributed by atoms with van der Waals surface area (Å²) in [5, 5.41) is 9.80. The van der Waals surface area contributed by atoms with Gasteiger partial charge in [0.25, 0.3) is 0 Å². The minimum absolute atomic E-state index is 0.239. The molecule has 76 valence electrons. The van der Waals surface area contributed by atoms with Gasteiger partial charge in [0.05, 0.1) is 6.54 Å². The summed E-state index contributed by atoms with van der Waals surface area (Å²) in [6, 6.07) is -0.239. The van der Waals surface area contributed by atoms with Crippen molar-refractivity contribution in [2.45, 2.75) is 32.6 Å². The fourth-order valence-electron chi connectivity index (χ4n) is 1.51. The third kappa shape index (κ3) is 2.88. The fourth-order valence-corrected chi connectivity index (χ4v) is 1.51. The Hall–Kier alpha value is -0.770. The zero-order chi connectivity index (χ0) is 9.68. The van der Waals surface area contributed by atoms with E-state index in [2.05, 4.69) is 6.92 Å². The zero-order valence-corrected chi connectivity index (χ0v) is 8.20. The summed E-state index contributed by atoms with van der Waals surface area (Å²) in [6.07, 6.45) is 4.66. The van der Waals surface area contributed by atoms with E-state index in [1.807, 2.05) is 0 Å². The summed E-state index contributed by atoms with van der Waals surface area (Å²) in [6.45, 7) is 4.07. The summed E-state index contributed by atoms with van der Waals surface area (Å²) in [5.41, 5.74) is 0. The molecule has 0 bridgehead atoms. The van der Waals surface area contributed by atoms with Gasteiger partial charge in [0.15, 0.2) is 0 Å². The summed E-state index contributed by atoms with van der Waals surface area (Å²) in [5.74, 6) is 0. The van der Waals surface area contributed by atoms with Crippen LogP contribution in [0.3, 0.4) is 0 Å². The van der Waals surface area contributed by atoms with Crippen molar-refractivity contribution >= 4 is 6.03 Å². The van der Waals surface area contributed by atoms with Crippen LogP contribution in [-0.2, 0) is 0 Å². The first kappa shape index (κ1) is 10.3. The van der Waals surface area contributed by atoms with E-state index in [1.54, 1.807) is 4.90 Å². The quantitative estimate of drug-likeness (QED) is 0.524. The van der Waals surface area contributed by atoms with Crippen molar-refractivity contribution in [2.75, 3.05) is 19.6 Å². The lowest BCUT2D eigenvalue weighted by molar-refractivity contribution is -0.0266. The van der Waals surface area contributed by atoms with E-state index in [9.17, 15) is 4.79 Å². The van der Waals surface area contributed by atoms with E-state index >= 15 is 0 Å². The lowest BCUT2D eigenvalue weighted by atomic mass is 10.2. The Morgan fingerprint density at radius 1 is 1.31 bits per heavy atom. The highest BCUT2D eigenvalue weighted by molar-refractivity contribution is 5.75. The van der Waals surface area contributed by atoms with E-state index in [-0.39, 0.29) is 6.03 Å². The summed E-state index contributed by atoms with van der Waals surface area (Å²) >= 11 is 0. The SMILES string of the molecule is CCCCCCN1CCN(O)C1=O. The van der Waals surface area contributed by atoms with Gasteiger partial charge < -0.3 is 4.90 Å². The smallest absolute Gasteiger partial charge is 0.321 e. The second-order valence-electron chi connectivity index (χ2n) is 3.45. The van der Waals surface area contributed by atoms with Crippen LogP contribution >= 0.6 is 0 Å². The molecule has 1 fully saturated rings. The van der Waals surface area contributed by atoms with Gasteiger partial charge in [-0.2, -0.15) is 0 Å². The first-order chi connectivity index (χ1) is 6.25. The van der Waals surface area contributed by atoms with Gasteiger partial charge in [-0.3, -0.25) is 5.21 Å². The highest BCUT2D eigenvalue weighted by Gasteiger charge is 2.26. The standard InChI is InChI=1S/C9H18N2O2/c1-2-3-4-5-6-10-7-8-11(13)9(10)12/h13H,2-8H2,1H3. The average Bonchev–Trinajstić information content (AvgIpc) is 2.43. The normalized spacial score (nSPS) is 17.2. The number of rotatable bonds is 5. The molecule has 0 saturated carbocycles.